The van der Waals surface area contributed by atoms with Gasteiger partial charge in [-0.1, -0.05) is 12.1 Å². The van der Waals surface area contributed by atoms with Gasteiger partial charge in [-0.25, -0.2) is 14.8 Å². The Balaban J connectivity index is 1.35. The van der Waals surface area contributed by atoms with Crippen molar-refractivity contribution in [2.24, 2.45) is 0 Å². The van der Waals surface area contributed by atoms with Crippen LogP contribution in [-0.4, -0.2) is 45.6 Å². The Labute approximate surface area is 190 Å². The Morgan fingerprint density at radius 3 is 2.72 bits per heavy atom. The number of amides is 2. The van der Waals surface area contributed by atoms with Crippen molar-refractivity contribution in [3.8, 4) is 11.3 Å². The maximum absolute atomic E-state index is 12.7. The molecule has 168 valence electrons. The van der Waals surface area contributed by atoms with E-state index < -0.39 is 5.60 Å². The van der Waals surface area contributed by atoms with Gasteiger partial charge in [0.25, 0.3) is 5.91 Å². The van der Waals surface area contributed by atoms with Gasteiger partial charge in [0.15, 0.2) is 12.2 Å². The molecule has 0 radical (unpaired) electrons. The van der Waals surface area contributed by atoms with E-state index in [1.807, 2.05) is 45.0 Å². The Kier molecular flexibility index (Phi) is 6.27. The first-order chi connectivity index (χ1) is 15.3. The number of nitrogens with one attached hydrogen (secondary N) is 1. The second kappa shape index (κ2) is 9.12. The van der Waals surface area contributed by atoms with Crippen LogP contribution in [0.5, 0.6) is 0 Å². The van der Waals surface area contributed by atoms with Gasteiger partial charge in [-0.3, -0.25) is 4.79 Å². The number of thiazole rings is 1. The average Bonchev–Trinajstić information content (AvgIpc) is 3.45. The van der Waals surface area contributed by atoms with Gasteiger partial charge in [-0.05, 0) is 45.7 Å². The van der Waals surface area contributed by atoms with Crippen LogP contribution in [-0.2, 0) is 4.74 Å². The molecular weight excluding hydrogens is 428 g/mol. The number of ether oxygens (including phenoxy) is 1. The van der Waals surface area contributed by atoms with Gasteiger partial charge < -0.3 is 19.4 Å². The van der Waals surface area contributed by atoms with E-state index in [2.05, 4.69) is 15.3 Å². The number of nitrogens with zero attached hydrogens (tertiary/aromatic N) is 3. The Morgan fingerprint density at radius 2 is 2.03 bits per heavy atom. The summed E-state index contributed by atoms with van der Waals surface area (Å²) >= 11 is 1.49. The second-order valence-corrected chi connectivity index (χ2v) is 9.60. The molecule has 1 aromatic carbocycles. The first kappa shape index (κ1) is 22.0. The number of hydrogen-bond acceptors (Lipinski definition) is 7. The molecule has 0 bridgehead atoms. The van der Waals surface area contributed by atoms with Crippen LogP contribution in [0.2, 0.25) is 0 Å². The summed E-state index contributed by atoms with van der Waals surface area (Å²) in [6.45, 7) is 6.84. The molecule has 32 heavy (non-hydrogen) atoms. The minimum Gasteiger partial charge on any atom is -0.444 e. The smallest absolute Gasteiger partial charge is 0.410 e. The van der Waals surface area contributed by atoms with E-state index in [1.165, 1.54) is 17.7 Å². The monoisotopic (exact) mass is 454 g/mol. The van der Waals surface area contributed by atoms with Crippen LogP contribution in [0.3, 0.4) is 0 Å². The quantitative estimate of drug-likeness (QED) is 0.584. The number of oxazole rings is 1. The summed E-state index contributed by atoms with van der Waals surface area (Å²) < 4.78 is 10.8. The van der Waals surface area contributed by atoms with Crippen molar-refractivity contribution >= 4 is 29.0 Å². The zero-order valence-corrected chi connectivity index (χ0v) is 19.1. The number of likely N-dealkylation sites (tertiary alicyclic amines) is 1. The Bertz CT molecular complexity index is 1080. The minimum absolute atomic E-state index is 0.231. The molecule has 1 aliphatic heterocycles. The van der Waals surface area contributed by atoms with Crippen molar-refractivity contribution in [1.29, 1.82) is 0 Å². The molecule has 0 atom stereocenters. The molecule has 9 heteroatoms. The molecule has 1 N–H and O–H groups in total. The lowest BCUT2D eigenvalue weighted by Crippen LogP contribution is -2.41. The number of carbonyl (C=O) groups is 2. The number of piperidine rings is 1. The second-order valence-electron chi connectivity index (χ2n) is 8.71. The predicted octanol–water partition coefficient (Wildman–Crippen LogP) is 5.16. The lowest BCUT2D eigenvalue weighted by molar-refractivity contribution is 0.0204. The van der Waals surface area contributed by atoms with Crippen molar-refractivity contribution in [2.75, 3.05) is 18.4 Å². The molecular formula is C23H26N4O4S. The van der Waals surface area contributed by atoms with Crippen molar-refractivity contribution in [3.63, 3.8) is 0 Å². The van der Waals surface area contributed by atoms with Gasteiger partial charge in [0, 0.05) is 35.6 Å². The molecule has 4 rings (SSSR count). The molecule has 0 spiro atoms. The summed E-state index contributed by atoms with van der Waals surface area (Å²) in [7, 11) is 0. The molecule has 2 aromatic heterocycles. The molecule has 8 nitrogen and oxygen atoms in total. The van der Waals surface area contributed by atoms with Gasteiger partial charge in [0.05, 0.1) is 11.2 Å². The highest BCUT2D eigenvalue weighted by Gasteiger charge is 2.29. The number of rotatable bonds is 4. The summed E-state index contributed by atoms with van der Waals surface area (Å²) in [6.07, 6.45) is 4.32. The first-order valence-electron chi connectivity index (χ1n) is 10.5. The predicted molar refractivity (Wildman–Crippen MR) is 122 cm³/mol. The topological polar surface area (TPSA) is 97.6 Å². The summed E-state index contributed by atoms with van der Waals surface area (Å²) in [5.74, 6) is 0.609. The molecule has 1 aliphatic rings. The molecule has 0 aliphatic carbocycles. The summed E-state index contributed by atoms with van der Waals surface area (Å²) in [5, 5.41) is 5.60. The van der Waals surface area contributed by atoms with E-state index in [0.29, 0.717) is 30.2 Å². The molecule has 3 heterocycles. The fourth-order valence-corrected chi connectivity index (χ4v) is 4.49. The van der Waals surface area contributed by atoms with Crippen molar-refractivity contribution in [1.82, 2.24) is 14.9 Å². The van der Waals surface area contributed by atoms with E-state index in [1.54, 1.807) is 16.5 Å². The van der Waals surface area contributed by atoms with Crippen molar-refractivity contribution in [3.05, 3.63) is 52.9 Å². The van der Waals surface area contributed by atoms with E-state index in [0.717, 1.165) is 23.4 Å². The van der Waals surface area contributed by atoms with Crippen LogP contribution in [0.15, 0.2) is 46.7 Å². The van der Waals surface area contributed by atoms with Crippen LogP contribution in [0.4, 0.5) is 10.5 Å². The van der Waals surface area contributed by atoms with Crippen LogP contribution in [0.25, 0.3) is 11.3 Å². The zero-order valence-electron chi connectivity index (χ0n) is 18.3. The van der Waals surface area contributed by atoms with Gasteiger partial charge in [0.1, 0.15) is 11.3 Å². The van der Waals surface area contributed by atoms with Crippen molar-refractivity contribution < 1.29 is 18.7 Å². The van der Waals surface area contributed by atoms with E-state index in [9.17, 15) is 9.59 Å². The number of anilines is 1. The molecule has 0 saturated carbocycles. The van der Waals surface area contributed by atoms with Gasteiger partial charge in [0.2, 0.25) is 0 Å². The lowest BCUT2D eigenvalue weighted by Gasteiger charge is -2.32. The van der Waals surface area contributed by atoms with E-state index in [-0.39, 0.29) is 17.9 Å². The van der Waals surface area contributed by atoms with Gasteiger partial charge in [-0.15, -0.1) is 11.3 Å². The molecule has 1 fully saturated rings. The van der Waals surface area contributed by atoms with Crippen LogP contribution in [0, 0.1) is 0 Å². The minimum atomic E-state index is -0.500. The number of hydrogen-bond donors (Lipinski definition) is 1. The van der Waals surface area contributed by atoms with Gasteiger partial charge >= 0.3 is 6.09 Å². The highest BCUT2D eigenvalue weighted by molar-refractivity contribution is 7.10. The summed E-state index contributed by atoms with van der Waals surface area (Å²) in [6, 6.07) is 7.38. The zero-order chi connectivity index (χ0) is 22.7. The Morgan fingerprint density at radius 1 is 1.25 bits per heavy atom. The molecule has 3 aromatic rings. The van der Waals surface area contributed by atoms with Crippen molar-refractivity contribution in [2.45, 2.75) is 45.1 Å². The van der Waals surface area contributed by atoms with E-state index >= 15 is 0 Å². The Hall–Kier alpha value is -3.20. The summed E-state index contributed by atoms with van der Waals surface area (Å²) in [5.41, 5.74) is 1.38. The molecule has 0 unspecified atom stereocenters. The standard InChI is InChI=1S/C23H26N4O4S/c1-23(2,3)31-22(29)27-9-7-15(8-10-27)21-26-18(13-32-21)20(28)25-17-6-4-5-16(11-17)19-12-24-14-30-19/h4-6,11-15H,7-10H2,1-3H3,(H,25,28). The SMILES string of the molecule is CC(C)(C)OC(=O)N1CCC(c2nc(C(=O)Nc3cccc(-c4cnco4)c3)cs2)CC1. The fraction of sp³-hybridized carbons (Fsp3) is 0.391. The van der Waals surface area contributed by atoms with Crippen LogP contribution >= 0.6 is 11.3 Å². The molecule has 1 saturated heterocycles. The number of benzene rings is 1. The first-order valence-corrected chi connectivity index (χ1v) is 11.4. The third-order valence-corrected chi connectivity index (χ3v) is 6.09. The van der Waals surface area contributed by atoms with E-state index in [4.69, 9.17) is 9.15 Å². The normalized spacial score (nSPS) is 14.9. The van der Waals surface area contributed by atoms with Crippen LogP contribution < -0.4 is 5.32 Å². The fourth-order valence-electron chi connectivity index (χ4n) is 3.52. The highest BCUT2D eigenvalue weighted by Crippen LogP contribution is 2.31. The number of aromatic nitrogens is 2. The average molecular weight is 455 g/mol. The van der Waals surface area contributed by atoms with Gasteiger partial charge in [-0.2, -0.15) is 0 Å². The maximum Gasteiger partial charge on any atom is 0.410 e. The summed E-state index contributed by atoms with van der Waals surface area (Å²) in [4.78, 5) is 35.2. The van der Waals surface area contributed by atoms with Crippen LogP contribution in [0.1, 0.15) is 55.0 Å². The third kappa shape index (κ3) is 5.34. The maximum atomic E-state index is 12.7. The number of carbonyl (C=O) groups excluding carboxylic acids is 2. The largest absolute Gasteiger partial charge is 0.444 e. The highest BCUT2D eigenvalue weighted by atomic mass is 32.1. The molecule has 2 amide bonds. The lowest BCUT2D eigenvalue weighted by atomic mass is 9.98. The third-order valence-electron chi connectivity index (χ3n) is 5.09.